The molecule has 1 fully saturated rings. The summed E-state index contributed by atoms with van der Waals surface area (Å²) in [6.45, 7) is 5.77. The standard InChI is InChI=1S/C30H34FN7O4/c1-20-16-22(5-6-23(20)30(40)34-8-3-15-42-19-27(39)37-12-9-32-10-13-37)36-28-29-35-18-25(38(29)14-11-33-28)21-4-7-26(41-2)24(31)17-21/h4-7,11,14,16-18,32H,3,8-10,12-13,15,19H2,1-2H3,(H,33,36)(H,34,40). The minimum absolute atomic E-state index is 0.00267. The van der Waals surface area contributed by atoms with Crippen LogP contribution in [-0.2, 0) is 9.53 Å². The molecule has 220 valence electrons. The average molecular weight is 576 g/mol. The van der Waals surface area contributed by atoms with Crippen molar-refractivity contribution in [2.45, 2.75) is 13.3 Å². The van der Waals surface area contributed by atoms with Crippen molar-refractivity contribution in [1.82, 2.24) is 29.9 Å². The minimum atomic E-state index is -0.455. The predicted octanol–water partition coefficient (Wildman–Crippen LogP) is 3.16. The maximum atomic E-state index is 14.3. The molecule has 42 heavy (non-hydrogen) atoms. The zero-order chi connectivity index (χ0) is 29.5. The number of carbonyl (C=O) groups excluding carboxylic acids is 2. The van der Waals surface area contributed by atoms with Gasteiger partial charge in [-0.3, -0.25) is 14.0 Å². The van der Waals surface area contributed by atoms with Crippen LogP contribution in [0.25, 0.3) is 16.9 Å². The van der Waals surface area contributed by atoms with Crippen LogP contribution in [0.15, 0.2) is 55.0 Å². The predicted molar refractivity (Wildman–Crippen MR) is 157 cm³/mol. The van der Waals surface area contributed by atoms with Crippen molar-refractivity contribution in [3.63, 3.8) is 0 Å². The molecule has 1 saturated heterocycles. The Morgan fingerprint density at radius 3 is 2.71 bits per heavy atom. The molecule has 0 radical (unpaired) electrons. The fourth-order valence-electron chi connectivity index (χ4n) is 4.82. The topological polar surface area (TPSA) is 122 Å². The number of aromatic nitrogens is 3. The molecule has 4 aromatic rings. The van der Waals surface area contributed by atoms with E-state index in [2.05, 4.69) is 25.9 Å². The van der Waals surface area contributed by atoms with Gasteiger partial charge in [0.2, 0.25) is 5.91 Å². The first-order valence-electron chi connectivity index (χ1n) is 13.8. The van der Waals surface area contributed by atoms with Crippen LogP contribution in [0.3, 0.4) is 0 Å². The van der Waals surface area contributed by atoms with Gasteiger partial charge in [0.25, 0.3) is 5.91 Å². The molecule has 0 aliphatic carbocycles. The van der Waals surface area contributed by atoms with Crippen LogP contribution in [0, 0.1) is 12.7 Å². The summed E-state index contributed by atoms with van der Waals surface area (Å²) in [5, 5.41) is 9.40. The number of fused-ring (bicyclic) bond motifs is 1. The number of anilines is 2. The van der Waals surface area contributed by atoms with E-state index < -0.39 is 5.82 Å². The van der Waals surface area contributed by atoms with Gasteiger partial charge in [0.1, 0.15) is 6.61 Å². The van der Waals surface area contributed by atoms with Gasteiger partial charge in [0.05, 0.1) is 19.0 Å². The van der Waals surface area contributed by atoms with Crippen molar-refractivity contribution >= 4 is 29.0 Å². The Morgan fingerprint density at radius 1 is 1.12 bits per heavy atom. The van der Waals surface area contributed by atoms with E-state index in [-0.39, 0.29) is 24.2 Å². The summed E-state index contributed by atoms with van der Waals surface area (Å²) in [5.74, 6) is 0.0541. The lowest BCUT2D eigenvalue weighted by molar-refractivity contribution is -0.136. The van der Waals surface area contributed by atoms with Crippen molar-refractivity contribution in [3.05, 3.63) is 71.9 Å². The number of piperazine rings is 1. The second-order valence-corrected chi connectivity index (χ2v) is 9.91. The second-order valence-electron chi connectivity index (χ2n) is 9.91. The van der Waals surface area contributed by atoms with Crippen molar-refractivity contribution in [3.8, 4) is 17.0 Å². The summed E-state index contributed by atoms with van der Waals surface area (Å²) in [4.78, 5) is 35.6. The third-order valence-corrected chi connectivity index (χ3v) is 7.06. The Bertz CT molecular complexity index is 1570. The normalized spacial score (nSPS) is 13.3. The molecule has 5 rings (SSSR count). The molecule has 11 nitrogen and oxygen atoms in total. The van der Waals surface area contributed by atoms with E-state index in [4.69, 9.17) is 9.47 Å². The summed E-state index contributed by atoms with van der Waals surface area (Å²) < 4.78 is 26.7. The highest BCUT2D eigenvalue weighted by Crippen LogP contribution is 2.28. The number of nitrogens with one attached hydrogen (secondary N) is 3. The molecule has 2 amide bonds. The molecule has 2 aromatic carbocycles. The first-order valence-corrected chi connectivity index (χ1v) is 13.8. The van der Waals surface area contributed by atoms with Crippen LogP contribution in [0.5, 0.6) is 5.75 Å². The van der Waals surface area contributed by atoms with Gasteiger partial charge in [0, 0.05) is 68.5 Å². The van der Waals surface area contributed by atoms with Crippen LogP contribution in [-0.4, -0.2) is 84.1 Å². The molecular formula is C30H34FN7O4. The number of rotatable bonds is 11. The van der Waals surface area contributed by atoms with Gasteiger partial charge in [-0.25, -0.2) is 14.4 Å². The molecule has 0 unspecified atom stereocenters. The lowest BCUT2D eigenvalue weighted by Crippen LogP contribution is -2.47. The SMILES string of the molecule is COc1ccc(-c2cnc3c(Nc4ccc(C(=O)NCCCOCC(=O)N5CCNCC5)c(C)c4)nccn23)cc1F. The molecule has 2 aromatic heterocycles. The molecular weight excluding hydrogens is 541 g/mol. The maximum Gasteiger partial charge on any atom is 0.251 e. The van der Waals surface area contributed by atoms with Crippen molar-refractivity contribution in [2.75, 3.05) is 58.4 Å². The number of hydrogen-bond acceptors (Lipinski definition) is 8. The van der Waals surface area contributed by atoms with Gasteiger partial charge >= 0.3 is 0 Å². The van der Waals surface area contributed by atoms with Crippen molar-refractivity contribution < 1.29 is 23.5 Å². The van der Waals surface area contributed by atoms with Gasteiger partial charge in [0.15, 0.2) is 23.0 Å². The summed E-state index contributed by atoms with van der Waals surface area (Å²) in [7, 11) is 1.43. The van der Waals surface area contributed by atoms with E-state index in [0.29, 0.717) is 60.9 Å². The number of aryl methyl sites for hydroxylation is 1. The number of carbonyl (C=O) groups is 2. The lowest BCUT2D eigenvalue weighted by atomic mass is 10.1. The number of ether oxygens (including phenoxy) is 2. The Balaban J connectivity index is 1.15. The van der Waals surface area contributed by atoms with Crippen molar-refractivity contribution in [1.29, 1.82) is 0 Å². The van der Waals surface area contributed by atoms with Crippen LogP contribution < -0.4 is 20.7 Å². The Kier molecular flexibility index (Phi) is 9.25. The molecule has 0 bridgehead atoms. The number of halogens is 1. The highest BCUT2D eigenvalue weighted by molar-refractivity contribution is 5.96. The number of imidazole rings is 1. The monoisotopic (exact) mass is 575 g/mol. The van der Waals surface area contributed by atoms with Crippen molar-refractivity contribution in [2.24, 2.45) is 0 Å². The smallest absolute Gasteiger partial charge is 0.251 e. The quantitative estimate of drug-likeness (QED) is 0.233. The summed E-state index contributed by atoms with van der Waals surface area (Å²) in [6.07, 6.45) is 5.67. The molecule has 0 spiro atoms. The van der Waals surface area contributed by atoms with Crippen LogP contribution >= 0.6 is 0 Å². The fourth-order valence-corrected chi connectivity index (χ4v) is 4.82. The van der Waals surface area contributed by atoms with Gasteiger partial charge in [-0.1, -0.05) is 0 Å². The number of nitrogens with zero attached hydrogens (tertiary/aromatic N) is 4. The van der Waals surface area contributed by atoms with E-state index in [1.807, 2.05) is 17.4 Å². The highest BCUT2D eigenvalue weighted by atomic mass is 19.1. The summed E-state index contributed by atoms with van der Waals surface area (Å²) in [6, 6.07) is 10.2. The number of benzene rings is 2. The van der Waals surface area contributed by atoms with E-state index in [1.54, 1.807) is 47.8 Å². The Labute approximate surface area is 243 Å². The molecule has 1 aliphatic heterocycles. The zero-order valence-electron chi connectivity index (χ0n) is 23.7. The van der Waals surface area contributed by atoms with Gasteiger partial charge in [-0.15, -0.1) is 0 Å². The van der Waals surface area contributed by atoms with Gasteiger partial charge in [-0.2, -0.15) is 0 Å². The first kappa shape index (κ1) is 29.0. The minimum Gasteiger partial charge on any atom is -0.494 e. The second kappa shape index (κ2) is 13.4. The Morgan fingerprint density at radius 2 is 1.95 bits per heavy atom. The van der Waals surface area contributed by atoms with E-state index in [1.165, 1.54) is 13.2 Å². The maximum absolute atomic E-state index is 14.3. The zero-order valence-corrected chi connectivity index (χ0v) is 23.7. The molecule has 1 aliphatic rings. The molecule has 3 heterocycles. The number of methoxy groups -OCH3 is 1. The van der Waals surface area contributed by atoms with Gasteiger partial charge in [-0.05, 0) is 55.3 Å². The molecule has 3 N–H and O–H groups in total. The average Bonchev–Trinajstić information content (AvgIpc) is 3.44. The largest absolute Gasteiger partial charge is 0.494 e. The number of amides is 2. The third-order valence-electron chi connectivity index (χ3n) is 7.06. The van der Waals surface area contributed by atoms with E-state index in [9.17, 15) is 14.0 Å². The molecule has 0 atom stereocenters. The highest BCUT2D eigenvalue weighted by Gasteiger charge is 2.16. The summed E-state index contributed by atoms with van der Waals surface area (Å²) >= 11 is 0. The van der Waals surface area contributed by atoms with E-state index >= 15 is 0 Å². The lowest BCUT2D eigenvalue weighted by Gasteiger charge is -2.27. The molecule has 12 heteroatoms. The number of hydrogen-bond donors (Lipinski definition) is 3. The third kappa shape index (κ3) is 6.67. The van der Waals surface area contributed by atoms with Crippen LogP contribution in [0.4, 0.5) is 15.9 Å². The van der Waals surface area contributed by atoms with Crippen LogP contribution in [0.2, 0.25) is 0 Å². The first-order chi connectivity index (χ1) is 20.4. The summed E-state index contributed by atoms with van der Waals surface area (Å²) in [5.41, 5.74) is 4.02. The molecule has 0 saturated carbocycles. The Hall–Kier alpha value is -4.55. The fraction of sp³-hybridized carbons (Fsp3) is 0.333. The van der Waals surface area contributed by atoms with E-state index in [0.717, 1.165) is 24.3 Å². The van der Waals surface area contributed by atoms with Gasteiger partial charge < -0.3 is 30.3 Å². The van der Waals surface area contributed by atoms with Crippen LogP contribution in [0.1, 0.15) is 22.3 Å².